The first-order chi connectivity index (χ1) is 17.8. The van der Waals surface area contributed by atoms with Gasteiger partial charge in [0.1, 0.15) is 10.7 Å². The van der Waals surface area contributed by atoms with E-state index < -0.39 is 23.7 Å². The first-order valence-electron chi connectivity index (χ1n) is 11.7. The van der Waals surface area contributed by atoms with E-state index in [9.17, 15) is 19.2 Å². The predicted molar refractivity (Wildman–Crippen MR) is 142 cm³/mol. The third-order valence-corrected chi connectivity index (χ3v) is 6.03. The van der Waals surface area contributed by atoms with E-state index in [0.29, 0.717) is 28.2 Å². The number of anilines is 3. The van der Waals surface area contributed by atoms with Crippen LogP contribution >= 0.6 is 11.6 Å². The van der Waals surface area contributed by atoms with Crippen molar-refractivity contribution < 1.29 is 23.9 Å². The number of nitrogens with zero attached hydrogens (tertiary/aromatic N) is 1. The summed E-state index contributed by atoms with van der Waals surface area (Å²) in [6, 6.07) is 19.9. The minimum Gasteiger partial charge on any atom is -0.462 e. The van der Waals surface area contributed by atoms with Gasteiger partial charge in [-0.15, -0.1) is 0 Å². The van der Waals surface area contributed by atoms with Crippen LogP contribution in [0, 0.1) is 0 Å². The Morgan fingerprint density at radius 1 is 0.865 bits per heavy atom. The number of amides is 3. The molecule has 0 fully saturated rings. The fraction of sp³-hybridized carbons (Fsp3) is 0.143. The van der Waals surface area contributed by atoms with Gasteiger partial charge < -0.3 is 15.4 Å². The van der Waals surface area contributed by atoms with Crippen LogP contribution in [0.15, 0.2) is 83.5 Å². The quantitative estimate of drug-likeness (QED) is 0.317. The van der Waals surface area contributed by atoms with Crippen molar-refractivity contribution in [1.82, 2.24) is 0 Å². The molecule has 0 aromatic heterocycles. The molecule has 1 aliphatic rings. The Bertz CT molecular complexity index is 1400. The molecular weight excluding hydrogens is 494 g/mol. The standard InChI is InChI=1S/C28H24ClN3O5/c1-3-17-8-14-22(15-9-17)32-26(34)23(29)24(27(32)35)30-20-12-10-18(11-13-20)25(33)31-21-7-5-6-19(16-21)28(36)37-4-2/h5-16,30H,3-4H2,1-2H3,(H,31,33). The molecule has 3 aromatic carbocycles. The number of hydrogen-bond donors (Lipinski definition) is 2. The van der Waals surface area contributed by atoms with Gasteiger partial charge in [-0.3, -0.25) is 14.4 Å². The van der Waals surface area contributed by atoms with Crippen molar-refractivity contribution >= 4 is 52.4 Å². The number of halogens is 1. The molecule has 8 nitrogen and oxygen atoms in total. The summed E-state index contributed by atoms with van der Waals surface area (Å²) in [5.74, 6) is -2.04. The van der Waals surface area contributed by atoms with Gasteiger partial charge in [-0.1, -0.05) is 36.7 Å². The molecule has 0 aliphatic carbocycles. The Hall–Kier alpha value is -4.43. The van der Waals surface area contributed by atoms with Gasteiger partial charge in [0.25, 0.3) is 17.7 Å². The minimum absolute atomic E-state index is 0.0424. The van der Waals surface area contributed by atoms with Crippen LogP contribution < -0.4 is 15.5 Å². The first kappa shape index (κ1) is 25.7. The number of imide groups is 1. The maximum Gasteiger partial charge on any atom is 0.338 e. The summed E-state index contributed by atoms with van der Waals surface area (Å²) in [7, 11) is 0. The lowest BCUT2D eigenvalue weighted by molar-refractivity contribution is -0.120. The van der Waals surface area contributed by atoms with Gasteiger partial charge in [0.2, 0.25) is 0 Å². The van der Waals surface area contributed by atoms with E-state index >= 15 is 0 Å². The Morgan fingerprint density at radius 3 is 2.22 bits per heavy atom. The van der Waals surface area contributed by atoms with Gasteiger partial charge in [-0.25, -0.2) is 9.69 Å². The Labute approximate surface area is 218 Å². The van der Waals surface area contributed by atoms with Gasteiger partial charge in [-0.2, -0.15) is 0 Å². The number of esters is 1. The number of benzene rings is 3. The second-order valence-corrected chi connectivity index (χ2v) is 8.49. The Balaban J connectivity index is 1.44. The smallest absolute Gasteiger partial charge is 0.338 e. The molecule has 0 saturated carbocycles. The number of aryl methyl sites for hydroxylation is 1. The number of carbonyl (C=O) groups excluding carboxylic acids is 4. The highest BCUT2D eigenvalue weighted by Gasteiger charge is 2.38. The van der Waals surface area contributed by atoms with E-state index in [1.165, 1.54) is 6.07 Å². The van der Waals surface area contributed by atoms with Crippen LogP contribution in [0.25, 0.3) is 0 Å². The summed E-state index contributed by atoms with van der Waals surface area (Å²) in [5, 5.41) is 5.42. The molecule has 0 saturated heterocycles. The minimum atomic E-state index is -0.612. The third kappa shape index (κ3) is 5.54. The van der Waals surface area contributed by atoms with E-state index in [1.54, 1.807) is 61.5 Å². The van der Waals surface area contributed by atoms with Gasteiger partial charge in [0.15, 0.2) is 0 Å². The molecule has 3 aromatic rings. The van der Waals surface area contributed by atoms with Gasteiger partial charge >= 0.3 is 5.97 Å². The molecular formula is C28H24ClN3O5. The molecule has 4 rings (SSSR count). The van der Waals surface area contributed by atoms with E-state index in [-0.39, 0.29) is 17.3 Å². The SMILES string of the molecule is CCOC(=O)c1cccc(NC(=O)c2ccc(NC3=C(Cl)C(=O)N(c4ccc(CC)cc4)C3=O)cc2)c1. The topological polar surface area (TPSA) is 105 Å². The van der Waals surface area contributed by atoms with Crippen molar-refractivity contribution in [2.75, 3.05) is 22.1 Å². The van der Waals surface area contributed by atoms with Crippen LogP contribution in [-0.4, -0.2) is 30.3 Å². The van der Waals surface area contributed by atoms with Gasteiger partial charge in [0, 0.05) is 16.9 Å². The maximum atomic E-state index is 13.0. The molecule has 0 unspecified atom stereocenters. The van der Waals surface area contributed by atoms with Gasteiger partial charge in [0.05, 0.1) is 17.9 Å². The highest BCUT2D eigenvalue weighted by Crippen LogP contribution is 2.30. The number of hydrogen-bond acceptors (Lipinski definition) is 6. The molecule has 1 heterocycles. The molecule has 0 spiro atoms. The number of carbonyl (C=O) groups is 4. The van der Waals surface area contributed by atoms with Crippen LogP contribution in [0.1, 0.15) is 40.1 Å². The number of ether oxygens (including phenoxy) is 1. The van der Waals surface area contributed by atoms with Crippen molar-refractivity contribution in [1.29, 1.82) is 0 Å². The van der Waals surface area contributed by atoms with Crippen LogP contribution in [0.2, 0.25) is 0 Å². The Kier molecular flexibility index (Phi) is 7.69. The molecule has 0 bridgehead atoms. The number of nitrogens with one attached hydrogen (secondary N) is 2. The highest BCUT2D eigenvalue weighted by atomic mass is 35.5. The molecule has 2 N–H and O–H groups in total. The summed E-state index contributed by atoms with van der Waals surface area (Å²) < 4.78 is 4.98. The average molecular weight is 518 g/mol. The molecule has 0 radical (unpaired) electrons. The van der Waals surface area contributed by atoms with E-state index in [4.69, 9.17) is 16.3 Å². The predicted octanol–water partition coefficient (Wildman–Crippen LogP) is 5.11. The van der Waals surface area contributed by atoms with Crippen molar-refractivity contribution in [3.63, 3.8) is 0 Å². The lowest BCUT2D eigenvalue weighted by atomic mass is 10.1. The number of rotatable bonds is 8. The zero-order valence-corrected chi connectivity index (χ0v) is 21.0. The van der Waals surface area contributed by atoms with E-state index in [2.05, 4.69) is 10.6 Å². The second kappa shape index (κ2) is 11.1. The normalized spacial score (nSPS) is 13.1. The van der Waals surface area contributed by atoms with Crippen molar-refractivity contribution in [2.24, 2.45) is 0 Å². The highest BCUT2D eigenvalue weighted by molar-refractivity contribution is 6.53. The summed E-state index contributed by atoms with van der Waals surface area (Å²) >= 11 is 6.21. The van der Waals surface area contributed by atoms with E-state index in [1.807, 2.05) is 19.1 Å². The fourth-order valence-electron chi connectivity index (χ4n) is 3.72. The maximum absolute atomic E-state index is 13.0. The monoisotopic (exact) mass is 517 g/mol. The zero-order chi connectivity index (χ0) is 26.5. The largest absolute Gasteiger partial charge is 0.462 e. The molecule has 9 heteroatoms. The zero-order valence-electron chi connectivity index (χ0n) is 20.2. The lowest BCUT2D eigenvalue weighted by Gasteiger charge is -2.15. The van der Waals surface area contributed by atoms with E-state index in [0.717, 1.165) is 16.9 Å². The first-order valence-corrected chi connectivity index (χ1v) is 12.0. The summed E-state index contributed by atoms with van der Waals surface area (Å²) in [4.78, 5) is 51.3. The van der Waals surface area contributed by atoms with Gasteiger partial charge in [-0.05, 0) is 73.5 Å². The molecule has 188 valence electrons. The Morgan fingerprint density at radius 2 is 1.57 bits per heavy atom. The lowest BCUT2D eigenvalue weighted by Crippen LogP contribution is -2.32. The molecule has 3 amide bonds. The molecule has 1 aliphatic heterocycles. The fourth-order valence-corrected chi connectivity index (χ4v) is 3.93. The second-order valence-electron chi connectivity index (χ2n) is 8.11. The van der Waals surface area contributed by atoms with Crippen molar-refractivity contribution in [3.8, 4) is 0 Å². The van der Waals surface area contributed by atoms with Crippen LogP contribution in [-0.2, 0) is 20.7 Å². The third-order valence-electron chi connectivity index (χ3n) is 5.68. The van der Waals surface area contributed by atoms with Crippen molar-refractivity contribution in [2.45, 2.75) is 20.3 Å². The summed E-state index contributed by atoms with van der Waals surface area (Å²) in [5.41, 5.74) is 3.06. The van der Waals surface area contributed by atoms with Crippen LogP contribution in [0.4, 0.5) is 17.1 Å². The van der Waals surface area contributed by atoms with Crippen molar-refractivity contribution in [3.05, 3.63) is 100 Å². The molecule has 0 atom stereocenters. The molecule has 37 heavy (non-hydrogen) atoms. The summed E-state index contributed by atoms with van der Waals surface area (Å²) in [6.07, 6.45) is 0.835. The average Bonchev–Trinajstić information content (AvgIpc) is 3.12. The summed E-state index contributed by atoms with van der Waals surface area (Å²) in [6.45, 7) is 3.98. The van der Waals surface area contributed by atoms with Crippen LogP contribution in [0.3, 0.4) is 0 Å². The van der Waals surface area contributed by atoms with Crippen LogP contribution in [0.5, 0.6) is 0 Å².